The smallest absolute Gasteiger partial charge is 0.248 e. The van der Waals surface area contributed by atoms with Crippen molar-refractivity contribution in [2.45, 2.75) is 98.1 Å². The first kappa shape index (κ1) is 35.3. The normalized spacial score (nSPS) is 15.3. The summed E-state index contributed by atoms with van der Waals surface area (Å²) in [6.45, 7) is 12.2. The van der Waals surface area contributed by atoms with Crippen LogP contribution in [0.5, 0.6) is 0 Å². The number of hydrogen-bond donors (Lipinski definition) is 4. The molecule has 0 aliphatic rings. The standard InChI is InChI=1S/C26H49N5O7/c1-15(2)12-20(25(27)37)30(9)23(36)14-29(8)26(38)24(18(6)32)28-22(35)13-21(34)17(5)10-11-31(16(3)4)19(7)33/h15-18,20-21,24,32,34H,10-14H2,1-9H3,(H2,27,37)(H,28,35)/t17-,18-,20+,21+,24+/m1/s1. The zero-order valence-corrected chi connectivity index (χ0v) is 24.4. The fraction of sp³-hybridized carbons (Fsp3) is 0.808. The monoisotopic (exact) mass is 543 g/mol. The fourth-order valence-corrected chi connectivity index (χ4v) is 4.04. The highest BCUT2D eigenvalue weighted by molar-refractivity contribution is 5.92. The maximum absolute atomic E-state index is 13.0. The maximum Gasteiger partial charge on any atom is 0.248 e. The summed E-state index contributed by atoms with van der Waals surface area (Å²) in [5.41, 5.74) is 5.45. The molecule has 220 valence electrons. The second-order valence-corrected chi connectivity index (χ2v) is 10.9. The van der Waals surface area contributed by atoms with Crippen molar-refractivity contribution in [1.29, 1.82) is 0 Å². The van der Waals surface area contributed by atoms with Gasteiger partial charge in [0.15, 0.2) is 0 Å². The number of rotatable bonds is 16. The van der Waals surface area contributed by atoms with Gasteiger partial charge in [-0.15, -0.1) is 0 Å². The largest absolute Gasteiger partial charge is 0.392 e. The zero-order chi connectivity index (χ0) is 29.9. The van der Waals surface area contributed by atoms with Gasteiger partial charge < -0.3 is 36.0 Å². The van der Waals surface area contributed by atoms with Gasteiger partial charge in [0, 0.05) is 33.6 Å². The van der Waals surface area contributed by atoms with Crippen molar-refractivity contribution >= 4 is 29.5 Å². The Bertz CT molecular complexity index is 818. The number of nitrogens with zero attached hydrogens (tertiary/aromatic N) is 3. The number of likely N-dealkylation sites (N-methyl/N-ethyl adjacent to an activating group) is 2. The molecular weight excluding hydrogens is 494 g/mol. The first-order chi connectivity index (χ1) is 17.4. The number of hydrogen-bond acceptors (Lipinski definition) is 7. The molecule has 0 saturated carbocycles. The third-order valence-electron chi connectivity index (χ3n) is 6.60. The van der Waals surface area contributed by atoms with Gasteiger partial charge in [0.2, 0.25) is 29.5 Å². The molecule has 5 atom stereocenters. The quantitative estimate of drug-likeness (QED) is 0.207. The molecule has 0 aliphatic carbocycles. The van der Waals surface area contributed by atoms with E-state index in [2.05, 4.69) is 5.32 Å². The Morgan fingerprint density at radius 3 is 1.92 bits per heavy atom. The predicted molar refractivity (Wildman–Crippen MR) is 143 cm³/mol. The van der Waals surface area contributed by atoms with Crippen molar-refractivity contribution in [3.63, 3.8) is 0 Å². The highest BCUT2D eigenvalue weighted by Crippen LogP contribution is 2.15. The number of aliphatic hydroxyl groups is 2. The number of carbonyl (C=O) groups excluding carboxylic acids is 5. The fourth-order valence-electron chi connectivity index (χ4n) is 4.04. The topological polar surface area (TPSA) is 174 Å². The van der Waals surface area contributed by atoms with E-state index in [1.54, 1.807) is 11.8 Å². The van der Waals surface area contributed by atoms with Crippen LogP contribution in [0.15, 0.2) is 0 Å². The van der Waals surface area contributed by atoms with Crippen LogP contribution in [0.2, 0.25) is 0 Å². The zero-order valence-electron chi connectivity index (χ0n) is 24.4. The number of nitrogens with two attached hydrogens (primary N) is 1. The van der Waals surface area contributed by atoms with Crippen molar-refractivity contribution in [3.05, 3.63) is 0 Å². The number of primary amides is 1. The van der Waals surface area contributed by atoms with Crippen molar-refractivity contribution in [3.8, 4) is 0 Å². The van der Waals surface area contributed by atoms with Crippen molar-refractivity contribution in [2.75, 3.05) is 27.2 Å². The molecule has 0 spiro atoms. The molecule has 0 aromatic rings. The van der Waals surface area contributed by atoms with Crippen LogP contribution in [0.3, 0.4) is 0 Å². The average Bonchev–Trinajstić information content (AvgIpc) is 2.78. The molecule has 0 aromatic carbocycles. The Kier molecular flexibility index (Phi) is 15.1. The average molecular weight is 544 g/mol. The predicted octanol–water partition coefficient (Wildman–Crippen LogP) is -0.297. The molecule has 0 aromatic heterocycles. The van der Waals surface area contributed by atoms with E-state index in [4.69, 9.17) is 5.73 Å². The highest BCUT2D eigenvalue weighted by Gasteiger charge is 2.32. The molecule has 12 nitrogen and oxygen atoms in total. The lowest BCUT2D eigenvalue weighted by Gasteiger charge is -2.31. The molecule has 0 radical (unpaired) electrons. The van der Waals surface area contributed by atoms with Crippen LogP contribution < -0.4 is 11.1 Å². The minimum absolute atomic E-state index is 0.0125. The third-order valence-corrected chi connectivity index (χ3v) is 6.60. The van der Waals surface area contributed by atoms with Gasteiger partial charge in [0.05, 0.1) is 25.2 Å². The summed E-state index contributed by atoms with van der Waals surface area (Å²) in [4.78, 5) is 65.8. The first-order valence-electron chi connectivity index (χ1n) is 13.1. The van der Waals surface area contributed by atoms with Crippen molar-refractivity contribution in [2.24, 2.45) is 17.6 Å². The first-order valence-corrected chi connectivity index (χ1v) is 13.1. The molecule has 0 aliphatic heterocycles. The Labute approximate surface area is 226 Å². The molecular formula is C26H49N5O7. The third kappa shape index (κ3) is 11.8. The van der Waals surface area contributed by atoms with Crippen LogP contribution in [0.1, 0.15) is 67.7 Å². The van der Waals surface area contributed by atoms with Crippen molar-refractivity contribution in [1.82, 2.24) is 20.0 Å². The molecule has 0 fully saturated rings. The lowest BCUT2D eigenvalue weighted by Crippen LogP contribution is -2.55. The molecule has 0 bridgehead atoms. The number of amides is 5. The van der Waals surface area contributed by atoms with E-state index < -0.39 is 54.5 Å². The summed E-state index contributed by atoms with van der Waals surface area (Å²) in [7, 11) is 2.79. The van der Waals surface area contributed by atoms with Crippen LogP contribution >= 0.6 is 0 Å². The van der Waals surface area contributed by atoms with Crippen molar-refractivity contribution < 1.29 is 34.2 Å². The molecule has 0 saturated heterocycles. The van der Waals surface area contributed by atoms with E-state index in [1.165, 1.54) is 32.8 Å². The number of carbonyl (C=O) groups is 5. The van der Waals surface area contributed by atoms with Gasteiger partial charge in [0.25, 0.3) is 0 Å². The van der Waals surface area contributed by atoms with E-state index in [0.717, 1.165) is 4.90 Å². The summed E-state index contributed by atoms with van der Waals surface area (Å²) < 4.78 is 0. The molecule has 5 amide bonds. The summed E-state index contributed by atoms with van der Waals surface area (Å²) in [6, 6.07) is -2.16. The van der Waals surface area contributed by atoms with E-state index in [1.807, 2.05) is 27.7 Å². The Morgan fingerprint density at radius 2 is 1.50 bits per heavy atom. The number of aliphatic hydroxyl groups excluding tert-OH is 2. The summed E-state index contributed by atoms with van der Waals surface area (Å²) >= 11 is 0. The maximum atomic E-state index is 13.0. The van der Waals surface area contributed by atoms with Gasteiger partial charge in [-0.05, 0) is 45.4 Å². The lowest BCUT2D eigenvalue weighted by atomic mass is 9.97. The minimum atomic E-state index is -1.34. The lowest BCUT2D eigenvalue weighted by molar-refractivity contribution is -0.145. The Balaban J connectivity index is 5.14. The summed E-state index contributed by atoms with van der Waals surface area (Å²) in [5, 5.41) is 23.1. The molecule has 5 N–H and O–H groups in total. The molecule has 0 unspecified atom stereocenters. The van der Waals surface area contributed by atoms with E-state index >= 15 is 0 Å². The van der Waals surface area contributed by atoms with Crippen LogP contribution in [-0.2, 0) is 24.0 Å². The Morgan fingerprint density at radius 1 is 0.947 bits per heavy atom. The second kappa shape index (κ2) is 16.3. The van der Waals surface area contributed by atoms with Gasteiger partial charge in [0.1, 0.15) is 12.1 Å². The molecule has 0 heterocycles. The second-order valence-electron chi connectivity index (χ2n) is 10.9. The highest BCUT2D eigenvalue weighted by atomic mass is 16.3. The minimum Gasteiger partial charge on any atom is -0.392 e. The van der Waals surface area contributed by atoms with Gasteiger partial charge in [-0.25, -0.2) is 0 Å². The summed E-state index contributed by atoms with van der Waals surface area (Å²) in [5.74, 6) is -2.78. The molecule has 0 rings (SSSR count). The van der Waals surface area contributed by atoms with Crippen LogP contribution in [0.4, 0.5) is 0 Å². The van der Waals surface area contributed by atoms with Gasteiger partial charge in [-0.1, -0.05) is 20.8 Å². The Hall–Kier alpha value is -2.73. The van der Waals surface area contributed by atoms with Gasteiger partial charge in [-0.3, -0.25) is 24.0 Å². The number of nitrogens with one attached hydrogen (secondary N) is 1. The van der Waals surface area contributed by atoms with E-state index in [9.17, 15) is 34.2 Å². The van der Waals surface area contributed by atoms with Crippen LogP contribution in [-0.4, -0.2) is 112 Å². The van der Waals surface area contributed by atoms with E-state index in [0.29, 0.717) is 19.4 Å². The van der Waals surface area contributed by atoms with Crippen LogP contribution in [0, 0.1) is 11.8 Å². The SMILES string of the molecule is CC(=O)N(CC[C@@H](C)[C@@H](O)CC(=O)N[C@H](C(=O)N(C)CC(=O)N(C)[C@@H](CC(C)C)C(N)=O)[C@@H](C)O)C(C)C. The van der Waals surface area contributed by atoms with Gasteiger partial charge in [-0.2, -0.15) is 0 Å². The van der Waals surface area contributed by atoms with Gasteiger partial charge >= 0.3 is 0 Å². The molecule has 12 heteroatoms. The van der Waals surface area contributed by atoms with Crippen LogP contribution in [0.25, 0.3) is 0 Å². The van der Waals surface area contributed by atoms with E-state index in [-0.39, 0.29) is 30.2 Å². The molecule has 38 heavy (non-hydrogen) atoms. The summed E-state index contributed by atoms with van der Waals surface area (Å²) in [6.07, 6.45) is -1.76.